The maximum atomic E-state index is 5.46. The highest BCUT2D eigenvalue weighted by Gasteiger charge is 2.07. The van der Waals surface area contributed by atoms with Crippen LogP contribution in [-0.2, 0) is 0 Å². The highest BCUT2D eigenvalue weighted by atomic mass is 16.5. The van der Waals surface area contributed by atoms with E-state index in [1.807, 2.05) is 30.5 Å². The molecule has 84 valence electrons. The average molecular weight is 223 g/mol. The van der Waals surface area contributed by atoms with Crippen LogP contribution in [-0.4, -0.2) is 12.1 Å². The Morgan fingerprint density at radius 3 is 2.35 bits per heavy atom. The minimum absolute atomic E-state index is 0.895. The monoisotopic (exact) mass is 223 g/mol. The van der Waals surface area contributed by atoms with E-state index in [9.17, 15) is 0 Å². The van der Waals surface area contributed by atoms with Crippen LogP contribution in [0.2, 0.25) is 0 Å². The Morgan fingerprint density at radius 1 is 0.941 bits per heavy atom. The van der Waals surface area contributed by atoms with E-state index in [-0.39, 0.29) is 0 Å². The number of hydrogen-bond donors (Lipinski definition) is 1. The van der Waals surface area contributed by atoms with Gasteiger partial charge in [-0.05, 0) is 35.0 Å². The van der Waals surface area contributed by atoms with E-state index in [4.69, 9.17) is 4.74 Å². The summed E-state index contributed by atoms with van der Waals surface area (Å²) in [6.45, 7) is 0. The Kier molecular flexibility index (Phi) is 2.33. The first kappa shape index (κ1) is 9.97. The number of rotatable bonds is 2. The van der Waals surface area contributed by atoms with Crippen molar-refractivity contribution in [3.8, 4) is 17.0 Å². The highest BCUT2D eigenvalue weighted by Crippen LogP contribution is 2.33. The normalized spacial score (nSPS) is 10.6. The molecular formula is C15H13NO. The van der Waals surface area contributed by atoms with Gasteiger partial charge >= 0.3 is 0 Å². The first-order valence-corrected chi connectivity index (χ1v) is 5.59. The van der Waals surface area contributed by atoms with Crippen molar-refractivity contribution in [3.63, 3.8) is 0 Å². The van der Waals surface area contributed by atoms with Gasteiger partial charge in [-0.2, -0.15) is 0 Å². The molecule has 0 atom stereocenters. The largest absolute Gasteiger partial charge is 0.496 e. The second-order valence-electron chi connectivity index (χ2n) is 3.98. The number of H-pyrrole nitrogens is 1. The van der Waals surface area contributed by atoms with E-state index in [0.717, 1.165) is 17.0 Å². The lowest BCUT2D eigenvalue weighted by molar-refractivity contribution is 0.417. The third-order valence-corrected chi connectivity index (χ3v) is 2.96. The molecule has 3 rings (SSSR count). The summed E-state index contributed by atoms with van der Waals surface area (Å²) in [4.78, 5) is 3.21. The summed E-state index contributed by atoms with van der Waals surface area (Å²) in [6.07, 6.45) is 1.92. The third kappa shape index (κ3) is 1.68. The van der Waals surface area contributed by atoms with Gasteiger partial charge in [-0.3, -0.25) is 0 Å². The van der Waals surface area contributed by atoms with Crippen LogP contribution in [0.25, 0.3) is 22.0 Å². The number of ether oxygens (including phenoxy) is 1. The molecule has 3 aromatic rings. The molecule has 1 N–H and O–H groups in total. The zero-order valence-corrected chi connectivity index (χ0v) is 9.60. The van der Waals surface area contributed by atoms with Crippen LogP contribution in [0.5, 0.6) is 5.75 Å². The van der Waals surface area contributed by atoms with Gasteiger partial charge in [0.15, 0.2) is 0 Å². The average Bonchev–Trinajstić information content (AvgIpc) is 2.91. The maximum absolute atomic E-state index is 5.46. The number of benzene rings is 2. The molecule has 0 fully saturated rings. The molecule has 0 saturated heterocycles. The quantitative estimate of drug-likeness (QED) is 0.701. The van der Waals surface area contributed by atoms with Crippen molar-refractivity contribution in [3.05, 3.63) is 54.7 Å². The zero-order valence-electron chi connectivity index (χ0n) is 9.60. The van der Waals surface area contributed by atoms with Gasteiger partial charge in [0.25, 0.3) is 0 Å². The fourth-order valence-corrected chi connectivity index (χ4v) is 2.10. The smallest absolute Gasteiger partial charge is 0.128 e. The summed E-state index contributed by atoms with van der Waals surface area (Å²) in [6, 6.07) is 16.6. The summed E-state index contributed by atoms with van der Waals surface area (Å²) in [5, 5.41) is 2.41. The van der Waals surface area contributed by atoms with Crippen LogP contribution in [0.4, 0.5) is 0 Å². The van der Waals surface area contributed by atoms with Crippen LogP contribution in [0.1, 0.15) is 0 Å². The predicted molar refractivity (Wildman–Crippen MR) is 70.3 cm³/mol. The molecule has 1 aromatic heterocycles. The summed E-state index contributed by atoms with van der Waals surface area (Å²) in [5.74, 6) is 0.895. The van der Waals surface area contributed by atoms with Crippen LogP contribution in [0.3, 0.4) is 0 Å². The Morgan fingerprint density at radius 2 is 1.71 bits per heavy atom. The highest BCUT2D eigenvalue weighted by molar-refractivity contribution is 5.90. The second kappa shape index (κ2) is 3.98. The molecule has 0 saturated carbocycles. The molecule has 1 heterocycles. The van der Waals surface area contributed by atoms with Crippen molar-refractivity contribution in [1.82, 2.24) is 4.98 Å². The molecule has 0 aliphatic carbocycles. The van der Waals surface area contributed by atoms with Crippen LogP contribution >= 0.6 is 0 Å². The topological polar surface area (TPSA) is 25.0 Å². The fraction of sp³-hybridized carbons (Fsp3) is 0.0667. The van der Waals surface area contributed by atoms with Gasteiger partial charge in [-0.1, -0.05) is 24.3 Å². The van der Waals surface area contributed by atoms with Gasteiger partial charge in [-0.25, -0.2) is 0 Å². The van der Waals surface area contributed by atoms with Gasteiger partial charge in [0.1, 0.15) is 5.75 Å². The molecule has 0 spiro atoms. The molecule has 17 heavy (non-hydrogen) atoms. The zero-order chi connectivity index (χ0) is 11.7. The Labute approximate surface area is 99.9 Å². The van der Waals surface area contributed by atoms with E-state index < -0.39 is 0 Å². The maximum Gasteiger partial charge on any atom is 0.128 e. The van der Waals surface area contributed by atoms with Gasteiger partial charge in [0.05, 0.1) is 7.11 Å². The summed E-state index contributed by atoms with van der Waals surface area (Å²) in [7, 11) is 1.70. The molecule has 0 unspecified atom stereocenters. The van der Waals surface area contributed by atoms with Crippen LogP contribution in [0.15, 0.2) is 54.7 Å². The van der Waals surface area contributed by atoms with Crippen molar-refractivity contribution in [2.75, 3.05) is 7.11 Å². The fourth-order valence-electron chi connectivity index (χ4n) is 2.10. The van der Waals surface area contributed by atoms with E-state index in [0.29, 0.717) is 0 Å². The molecule has 0 amide bonds. The molecule has 2 heteroatoms. The van der Waals surface area contributed by atoms with E-state index in [2.05, 4.69) is 29.2 Å². The Hall–Kier alpha value is -2.22. The van der Waals surface area contributed by atoms with Gasteiger partial charge in [0, 0.05) is 17.5 Å². The van der Waals surface area contributed by atoms with E-state index in [1.54, 1.807) is 7.11 Å². The summed E-state index contributed by atoms with van der Waals surface area (Å²) >= 11 is 0. The lowest BCUT2D eigenvalue weighted by Gasteiger charge is -2.09. The van der Waals surface area contributed by atoms with Crippen molar-refractivity contribution in [1.29, 1.82) is 0 Å². The SMILES string of the molecule is COc1cc2ccccc2cc1-c1ccc[nH]1. The minimum atomic E-state index is 0.895. The molecule has 0 aliphatic heterocycles. The molecule has 0 radical (unpaired) electrons. The third-order valence-electron chi connectivity index (χ3n) is 2.96. The lowest BCUT2D eigenvalue weighted by Crippen LogP contribution is -1.88. The second-order valence-corrected chi connectivity index (χ2v) is 3.98. The van der Waals surface area contributed by atoms with Crippen molar-refractivity contribution < 1.29 is 4.74 Å². The molecule has 0 bridgehead atoms. The van der Waals surface area contributed by atoms with Crippen molar-refractivity contribution in [2.24, 2.45) is 0 Å². The first-order chi connectivity index (χ1) is 8.38. The summed E-state index contributed by atoms with van der Waals surface area (Å²) in [5.41, 5.74) is 2.17. The molecule has 0 aliphatic rings. The van der Waals surface area contributed by atoms with Gasteiger partial charge in [-0.15, -0.1) is 0 Å². The Bertz CT molecular complexity index is 641. The van der Waals surface area contributed by atoms with Gasteiger partial charge < -0.3 is 9.72 Å². The number of hydrogen-bond acceptors (Lipinski definition) is 1. The molecular weight excluding hydrogens is 210 g/mol. The Balaban J connectivity index is 2.29. The van der Waals surface area contributed by atoms with E-state index in [1.165, 1.54) is 10.8 Å². The first-order valence-electron chi connectivity index (χ1n) is 5.59. The number of nitrogens with one attached hydrogen (secondary N) is 1. The number of methoxy groups -OCH3 is 1. The van der Waals surface area contributed by atoms with Crippen molar-refractivity contribution in [2.45, 2.75) is 0 Å². The lowest BCUT2D eigenvalue weighted by atomic mass is 10.0. The number of aromatic amines is 1. The van der Waals surface area contributed by atoms with E-state index >= 15 is 0 Å². The number of fused-ring (bicyclic) bond motifs is 1. The van der Waals surface area contributed by atoms with Gasteiger partial charge in [0.2, 0.25) is 0 Å². The van der Waals surface area contributed by atoms with Crippen molar-refractivity contribution >= 4 is 10.8 Å². The van der Waals surface area contributed by atoms with Crippen LogP contribution < -0.4 is 4.74 Å². The predicted octanol–water partition coefficient (Wildman–Crippen LogP) is 3.84. The number of aromatic nitrogens is 1. The minimum Gasteiger partial charge on any atom is -0.496 e. The van der Waals surface area contributed by atoms with Crippen LogP contribution in [0, 0.1) is 0 Å². The molecule has 2 nitrogen and oxygen atoms in total. The summed E-state index contributed by atoms with van der Waals surface area (Å²) < 4.78 is 5.46. The standard InChI is InChI=1S/C15H13NO/c1-17-15-10-12-6-3-2-5-11(12)9-13(15)14-7-4-8-16-14/h2-10,16H,1H3. The molecule has 2 aromatic carbocycles.